The van der Waals surface area contributed by atoms with Gasteiger partial charge >= 0.3 is 0 Å². The van der Waals surface area contributed by atoms with Crippen LogP contribution in [0.5, 0.6) is 0 Å². The topological polar surface area (TPSA) is 64.2 Å². The maximum atomic E-state index is 12.6. The smallest absolute Gasteiger partial charge is 0.227 e. The van der Waals surface area contributed by atoms with Crippen LogP contribution in [-0.2, 0) is 11.8 Å². The SMILES string of the molecule is Cc1nn(C)c(C)c1C1CCCN1C(=O)C(C)C(C)N. The predicted octanol–water partition coefficient (Wildman–Crippen LogP) is 1.68. The number of nitrogens with two attached hydrogens (primary N) is 1. The van der Waals surface area contributed by atoms with Crippen LogP contribution in [0.2, 0.25) is 0 Å². The van der Waals surface area contributed by atoms with E-state index < -0.39 is 0 Å². The van der Waals surface area contributed by atoms with Gasteiger partial charge in [-0.3, -0.25) is 9.48 Å². The Balaban J connectivity index is 2.30. The molecule has 3 unspecified atom stereocenters. The lowest BCUT2D eigenvalue weighted by Crippen LogP contribution is -2.41. The fourth-order valence-corrected chi connectivity index (χ4v) is 3.09. The molecule has 1 aromatic rings. The summed E-state index contributed by atoms with van der Waals surface area (Å²) in [6.45, 7) is 8.75. The van der Waals surface area contributed by atoms with E-state index in [1.54, 1.807) is 0 Å². The van der Waals surface area contributed by atoms with Gasteiger partial charge in [0, 0.05) is 30.9 Å². The largest absolute Gasteiger partial charge is 0.335 e. The van der Waals surface area contributed by atoms with Crippen LogP contribution in [0.3, 0.4) is 0 Å². The predicted molar refractivity (Wildman–Crippen MR) is 79.2 cm³/mol. The summed E-state index contributed by atoms with van der Waals surface area (Å²) in [6, 6.07) is 0.0530. The second kappa shape index (κ2) is 5.56. The van der Waals surface area contributed by atoms with Gasteiger partial charge < -0.3 is 10.6 Å². The van der Waals surface area contributed by atoms with Crippen LogP contribution in [-0.4, -0.2) is 33.2 Å². The molecule has 3 atom stereocenters. The molecule has 0 aliphatic carbocycles. The van der Waals surface area contributed by atoms with Crippen molar-refractivity contribution in [2.45, 2.75) is 52.6 Å². The standard InChI is InChI=1S/C15H26N4O/c1-9(10(2)16)15(20)19-8-6-7-13(19)14-11(3)17-18(5)12(14)4/h9-10,13H,6-8,16H2,1-5H3. The molecule has 20 heavy (non-hydrogen) atoms. The van der Waals surface area contributed by atoms with Gasteiger partial charge in [-0.1, -0.05) is 6.92 Å². The molecule has 2 N–H and O–H groups in total. The van der Waals surface area contributed by atoms with Crippen molar-refractivity contribution in [2.24, 2.45) is 18.7 Å². The van der Waals surface area contributed by atoms with Crippen LogP contribution in [0, 0.1) is 19.8 Å². The van der Waals surface area contributed by atoms with Gasteiger partial charge in [0.1, 0.15) is 0 Å². The molecule has 2 rings (SSSR count). The monoisotopic (exact) mass is 278 g/mol. The van der Waals surface area contributed by atoms with E-state index in [9.17, 15) is 4.79 Å². The molecule has 0 saturated carbocycles. The number of likely N-dealkylation sites (tertiary alicyclic amines) is 1. The van der Waals surface area contributed by atoms with Crippen molar-refractivity contribution < 1.29 is 4.79 Å². The van der Waals surface area contributed by atoms with Gasteiger partial charge in [-0.05, 0) is 33.6 Å². The van der Waals surface area contributed by atoms with Crippen molar-refractivity contribution >= 4 is 5.91 Å². The van der Waals surface area contributed by atoms with Gasteiger partial charge in [0.15, 0.2) is 0 Å². The van der Waals surface area contributed by atoms with Crippen LogP contribution < -0.4 is 5.73 Å². The Bertz CT molecular complexity index is 506. The summed E-state index contributed by atoms with van der Waals surface area (Å²) >= 11 is 0. The fourth-order valence-electron chi connectivity index (χ4n) is 3.09. The number of nitrogens with zero attached hydrogens (tertiary/aromatic N) is 3. The summed E-state index contributed by atoms with van der Waals surface area (Å²) in [5, 5.41) is 4.48. The van der Waals surface area contributed by atoms with E-state index in [-0.39, 0.29) is 23.9 Å². The molecule has 112 valence electrons. The van der Waals surface area contributed by atoms with E-state index in [2.05, 4.69) is 12.0 Å². The minimum absolute atomic E-state index is 0.111. The Kier molecular flexibility index (Phi) is 4.18. The molecule has 2 heterocycles. The van der Waals surface area contributed by atoms with Crippen LogP contribution in [0.15, 0.2) is 0 Å². The molecule has 1 aliphatic heterocycles. The van der Waals surface area contributed by atoms with Crippen LogP contribution in [0.25, 0.3) is 0 Å². The van der Waals surface area contributed by atoms with Crippen LogP contribution >= 0.6 is 0 Å². The molecule has 0 bridgehead atoms. The molecule has 1 saturated heterocycles. The van der Waals surface area contributed by atoms with E-state index in [0.717, 1.165) is 30.8 Å². The minimum Gasteiger partial charge on any atom is -0.335 e. The minimum atomic E-state index is -0.132. The van der Waals surface area contributed by atoms with Crippen molar-refractivity contribution in [3.63, 3.8) is 0 Å². The van der Waals surface area contributed by atoms with Crippen molar-refractivity contribution in [2.75, 3.05) is 6.54 Å². The molecule has 0 spiro atoms. The summed E-state index contributed by atoms with van der Waals surface area (Å²) in [6.07, 6.45) is 2.07. The average Bonchev–Trinajstić information content (AvgIpc) is 2.93. The summed E-state index contributed by atoms with van der Waals surface area (Å²) in [7, 11) is 1.96. The van der Waals surface area contributed by atoms with Crippen LogP contribution in [0.1, 0.15) is 49.7 Å². The number of carbonyl (C=O) groups excluding carboxylic acids is 1. The maximum Gasteiger partial charge on any atom is 0.227 e. The first-order chi connectivity index (χ1) is 9.34. The van der Waals surface area contributed by atoms with E-state index >= 15 is 0 Å². The van der Waals surface area contributed by atoms with Gasteiger partial charge in [0.05, 0.1) is 17.7 Å². The number of amides is 1. The highest BCUT2D eigenvalue weighted by Crippen LogP contribution is 2.36. The second-order valence-corrected chi connectivity index (χ2v) is 6.05. The third-order valence-electron chi connectivity index (χ3n) is 4.61. The highest BCUT2D eigenvalue weighted by atomic mass is 16.2. The summed E-state index contributed by atoms with van der Waals surface area (Å²) in [5.41, 5.74) is 9.29. The molecule has 0 aromatic carbocycles. The lowest BCUT2D eigenvalue weighted by Gasteiger charge is -2.29. The van der Waals surface area contributed by atoms with Gasteiger partial charge in [0.25, 0.3) is 0 Å². The average molecular weight is 278 g/mol. The number of carbonyl (C=O) groups is 1. The highest BCUT2D eigenvalue weighted by Gasteiger charge is 2.35. The molecule has 5 heteroatoms. The van der Waals surface area contributed by atoms with Gasteiger partial charge in [0.2, 0.25) is 5.91 Å². The fraction of sp³-hybridized carbons (Fsp3) is 0.733. The molecule has 1 aliphatic rings. The van der Waals surface area contributed by atoms with Gasteiger partial charge in [-0.2, -0.15) is 5.10 Å². The van der Waals surface area contributed by atoms with Crippen molar-refractivity contribution in [3.05, 3.63) is 17.0 Å². The normalized spacial score (nSPS) is 22.1. The Labute approximate surface area is 121 Å². The number of aromatic nitrogens is 2. The molecule has 1 amide bonds. The Morgan fingerprint density at radius 3 is 2.55 bits per heavy atom. The Morgan fingerprint density at radius 2 is 2.05 bits per heavy atom. The zero-order valence-corrected chi connectivity index (χ0v) is 13.2. The van der Waals surface area contributed by atoms with E-state index in [1.165, 1.54) is 5.56 Å². The molecular formula is C15H26N4O. The summed E-state index contributed by atoms with van der Waals surface area (Å²) in [5.74, 6) is 0.0398. The highest BCUT2D eigenvalue weighted by molar-refractivity contribution is 5.80. The number of hydrogen-bond donors (Lipinski definition) is 1. The Morgan fingerprint density at radius 1 is 1.40 bits per heavy atom. The second-order valence-electron chi connectivity index (χ2n) is 6.05. The molecule has 0 radical (unpaired) electrons. The van der Waals surface area contributed by atoms with Crippen molar-refractivity contribution in [1.82, 2.24) is 14.7 Å². The number of hydrogen-bond acceptors (Lipinski definition) is 3. The number of rotatable bonds is 3. The van der Waals surface area contributed by atoms with Gasteiger partial charge in [-0.25, -0.2) is 0 Å². The maximum absolute atomic E-state index is 12.6. The Hall–Kier alpha value is -1.36. The molecule has 1 aromatic heterocycles. The zero-order valence-electron chi connectivity index (χ0n) is 13.2. The molecule has 1 fully saturated rings. The van der Waals surface area contributed by atoms with Crippen molar-refractivity contribution in [3.8, 4) is 0 Å². The lowest BCUT2D eigenvalue weighted by atomic mass is 9.99. The first kappa shape index (κ1) is 15.0. The third-order valence-corrected chi connectivity index (χ3v) is 4.61. The van der Waals surface area contributed by atoms with E-state index in [0.29, 0.717) is 0 Å². The molecule has 5 nitrogen and oxygen atoms in total. The lowest BCUT2D eigenvalue weighted by molar-refractivity contribution is -0.136. The quantitative estimate of drug-likeness (QED) is 0.915. The first-order valence-corrected chi connectivity index (χ1v) is 7.40. The van der Waals surface area contributed by atoms with Crippen LogP contribution in [0.4, 0.5) is 0 Å². The summed E-state index contributed by atoms with van der Waals surface area (Å²) < 4.78 is 1.90. The summed E-state index contributed by atoms with van der Waals surface area (Å²) in [4.78, 5) is 14.6. The molecular weight excluding hydrogens is 252 g/mol. The third kappa shape index (κ3) is 2.46. The zero-order chi connectivity index (χ0) is 15.0. The van der Waals surface area contributed by atoms with Crippen molar-refractivity contribution in [1.29, 1.82) is 0 Å². The number of aryl methyl sites for hydroxylation is 2. The van der Waals surface area contributed by atoms with Gasteiger partial charge in [-0.15, -0.1) is 0 Å². The first-order valence-electron chi connectivity index (χ1n) is 7.40. The van der Waals surface area contributed by atoms with E-state index in [1.807, 2.05) is 37.4 Å². The van der Waals surface area contributed by atoms with E-state index in [4.69, 9.17) is 5.73 Å².